The van der Waals surface area contributed by atoms with E-state index in [1.165, 1.54) is 11.3 Å². The molecule has 160 valence electrons. The molecule has 9 heteroatoms. The first-order valence-electron chi connectivity index (χ1n) is 9.70. The van der Waals surface area contributed by atoms with Crippen molar-refractivity contribution in [3.8, 4) is 11.1 Å². The van der Waals surface area contributed by atoms with Gasteiger partial charge in [0.25, 0.3) is 6.01 Å². The Morgan fingerprint density at radius 1 is 1.27 bits per heavy atom. The number of hydrogen-bond acceptors (Lipinski definition) is 6. The first kappa shape index (κ1) is 21.3. The molecule has 30 heavy (non-hydrogen) atoms. The number of rotatable bonds is 2. The number of fused-ring (bicyclic) bond motifs is 1. The predicted molar refractivity (Wildman–Crippen MR) is 122 cm³/mol. The van der Waals surface area contributed by atoms with Crippen LogP contribution in [0.15, 0.2) is 28.0 Å². The first-order valence-corrected chi connectivity index (χ1v) is 11.3. The van der Waals surface area contributed by atoms with E-state index < -0.39 is 5.60 Å². The van der Waals surface area contributed by atoms with Crippen molar-refractivity contribution in [2.75, 3.05) is 24.5 Å². The molecule has 0 aliphatic carbocycles. The highest BCUT2D eigenvalue weighted by Gasteiger charge is 2.32. The topological polar surface area (TPSA) is 58.8 Å². The monoisotopic (exact) mass is 467 g/mol. The zero-order valence-corrected chi connectivity index (χ0v) is 19.6. The van der Waals surface area contributed by atoms with Crippen molar-refractivity contribution in [2.24, 2.45) is 0 Å². The lowest BCUT2D eigenvalue weighted by atomic mass is 10.1. The molecule has 2 aromatic heterocycles. The number of benzene rings is 1. The van der Waals surface area contributed by atoms with Crippen LogP contribution in [0.4, 0.5) is 10.8 Å². The summed E-state index contributed by atoms with van der Waals surface area (Å²) in [5, 5.41) is 2.50. The lowest BCUT2D eigenvalue weighted by Gasteiger charge is -2.39. The molecule has 1 amide bonds. The van der Waals surface area contributed by atoms with Crippen molar-refractivity contribution in [3.63, 3.8) is 0 Å². The van der Waals surface area contributed by atoms with Crippen LogP contribution in [0.25, 0.3) is 22.2 Å². The lowest BCUT2D eigenvalue weighted by molar-refractivity contribution is 0.0216. The molecule has 1 aliphatic rings. The Bertz CT molecular complexity index is 1090. The van der Waals surface area contributed by atoms with Crippen molar-refractivity contribution >= 4 is 57.7 Å². The van der Waals surface area contributed by atoms with Gasteiger partial charge in [-0.15, -0.1) is 11.3 Å². The summed E-state index contributed by atoms with van der Waals surface area (Å²) in [7, 11) is 0. The molecule has 0 radical (unpaired) electrons. The van der Waals surface area contributed by atoms with Crippen LogP contribution in [0, 0.1) is 0 Å². The fraction of sp³-hybridized carbons (Fsp3) is 0.429. The van der Waals surface area contributed by atoms with Gasteiger partial charge in [0, 0.05) is 41.8 Å². The van der Waals surface area contributed by atoms with Crippen LogP contribution in [-0.2, 0) is 4.74 Å². The maximum atomic E-state index is 12.4. The van der Waals surface area contributed by atoms with Gasteiger partial charge in [-0.3, -0.25) is 0 Å². The SMILES string of the molecule is C[C@H]1CN(C(=O)OC(C)(C)C)CCN1c1nc2cc(Cl)cc(-c3ccsc3Cl)c2o1. The van der Waals surface area contributed by atoms with Gasteiger partial charge in [-0.05, 0) is 51.3 Å². The molecule has 0 N–H and O–H groups in total. The maximum Gasteiger partial charge on any atom is 0.410 e. The van der Waals surface area contributed by atoms with Crippen LogP contribution in [0.2, 0.25) is 9.36 Å². The van der Waals surface area contributed by atoms with Crippen LogP contribution in [-0.4, -0.2) is 47.3 Å². The van der Waals surface area contributed by atoms with E-state index in [1.807, 2.05) is 45.2 Å². The quantitative estimate of drug-likeness (QED) is 0.441. The lowest BCUT2D eigenvalue weighted by Crippen LogP contribution is -2.54. The second-order valence-corrected chi connectivity index (χ2v) is 10.3. The summed E-state index contributed by atoms with van der Waals surface area (Å²) >= 11 is 14.1. The highest BCUT2D eigenvalue weighted by atomic mass is 35.5. The number of carbonyl (C=O) groups is 1. The molecule has 1 aromatic carbocycles. The van der Waals surface area contributed by atoms with Crippen molar-refractivity contribution in [2.45, 2.75) is 39.3 Å². The Balaban J connectivity index is 1.60. The first-order chi connectivity index (χ1) is 14.1. The number of amides is 1. The third-order valence-electron chi connectivity index (χ3n) is 4.88. The highest BCUT2D eigenvalue weighted by Crippen LogP contribution is 2.40. The van der Waals surface area contributed by atoms with Crippen molar-refractivity contribution in [1.82, 2.24) is 9.88 Å². The number of nitrogens with zero attached hydrogens (tertiary/aromatic N) is 3. The molecule has 0 spiro atoms. The van der Waals surface area contributed by atoms with Gasteiger partial charge < -0.3 is 19.0 Å². The number of piperazine rings is 1. The minimum Gasteiger partial charge on any atom is -0.444 e. The third kappa shape index (κ3) is 4.24. The van der Waals surface area contributed by atoms with Crippen LogP contribution in [0.3, 0.4) is 0 Å². The molecule has 3 heterocycles. The normalized spacial score (nSPS) is 17.6. The van der Waals surface area contributed by atoms with Crippen LogP contribution >= 0.6 is 34.5 Å². The van der Waals surface area contributed by atoms with Gasteiger partial charge >= 0.3 is 6.09 Å². The number of thiophene rings is 1. The van der Waals surface area contributed by atoms with Gasteiger partial charge in [0.15, 0.2) is 5.58 Å². The molecule has 4 rings (SSSR count). The largest absolute Gasteiger partial charge is 0.444 e. The van der Waals surface area contributed by atoms with Crippen LogP contribution in [0.5, 0.6) is 0 Å². The van der Waals surface area contributed by atoms with Gasteiger partial charge in [-0.2, -0.15) is 4.98 Å². The number of carbonyl (C=O) groups excluding carboxylic acids is 1. The molecule has 0 bridgehead atoms. The fourth-order valence-electron chi connectivity index (χ4n) is 3.53. The van der Waals surface area contributed by atoms with Gasteiger partial charge in [0.1, 0.15) is 15.5 Å². The molecule has 6 nitrogen and oxygen atoms in total. The maximum absolute atomic E-state index is 12.4. The summed E-state index contributed by atoms with van der Waals surface area (Å²) in [6.45, 7) is 9.28. The van der Waals surface area contributed by atoms with E-state index in [1.54, 1.807) is 11.0 Å². The minimum atomic E-state index is -0.518. The predicted octanol–water partition coefficient (Wildman–Crippen LogP) is 6.31. The number of oxazole rings is 1. The summed E-state index contributed by atoms with van der Waals surface area (Å²) < 4.78 is 12.4. The summed E-state index contributed by atoms with van der Waals surface area (Å²) in [5.41, 5.74) is 2.51. The van der Waals surface area contributed by atoms with E-state index in [9.17, 15) is 4.79 Å². The Kier molecular flexibility index (Phi) is 5.64. The summed E-state index contributed by atoms with van der Waals surface area (Å²) in [6.07, 6.45) is -0.298. The van der Waals surface area contributed by atoms with E-state index in [-0.39, 0.29) is 12.1 Å². The molecule has 0 unspecified atom stereocenters. The van der Waals surface area contributed by atoms with Crippen molar-refractivity contribution in [3.05, 3.63) is 32.9 Å². The number of aromatic nitrogens is 1. The van der Waals surface area contributed by atoms with Gasteiger partial charge in [0.2, 0.25) is 0 Å². The summed E-state index contributed by atoms with van der Waals surface area (Å²) in [6, 6.07) is 6.10. The zero-order chi connectivity index (χ0) is 21.6. The second-order valence-electron chi connectivity index (χ2n) is 8.37. The average Bonchev–Trinajstić information content (AvgIpc) is 3.25. The van der Waals surface area contributed by atoms with Crippen molar-refractivity contribution in [1.29, 1.82) is 0 Å². The Morgan fingerprint density at radius 3 is 2.67 bits per heavy atom. The van der Waals surface area contributed by atoms with E-state index in [0.717, 1.165) is 11.1 Å². The molecule has 1 atom stereocenters. The number of halogens is 2. The molecule has 0 saturated carbocycles. The third-order valence-corrected chi connectivity index (χ3v) is 6.26. The summed E-state index contributed by atoms with van der Waals surface area (Å²) in [5.74, 6) is 0. The van der Waals surface area contributed by atoms with E-state index in [2.05, 4.69) is 9.88 Å². The van der Waals surface area contributed by atoms with Gasteiger partial charge in [0.05, 0.1) is 0 Å². The Morgan fingerprint density at radius 2 is 2.03 bits per heavy atom. The number of ether oxygens (including phenoxy) is 1. The smallest absolute Gasteiger partial charge is 0.410 e. The molecule has 3 aromatic rings. The average molecular weight is 468 g/mol. The Labute approximate surface area is 189 Å². The number of anilines is 1. The Hall–Kier alpha value is -1.96. The van der Waals surface area contributed by atoms with Crippen molar-refractivity contribution < 1.29 is 13.9 Å². The van der Waals surface area contributed by atoms with E-state index >= 15 is 0 Å². The molecular formula is C21H23Cl2N3O3S. The fourth-order valence-corrected chi connectivity index (χ4v) is 4.69. The number of hydrogen-bond donors (Lipinski definition) is 0. The molecule has 1 saturated heterocycles. The molecule has 1 fully saturated rings. The minimum absolute atomic E-state index is 0.0167. The van der Waals surface area contributed by atoms with Gasteiger partial charge in [-0.1, -0.05) is 23.2 Å². The van der Waals surface area contributed by atoms with Crippen LogP contribution in [0.1, 0.15) is 27.7 Å². The molecule has 1 aliphatic heterocycles. The van der Waals surface area contributed by atoms with E-state index in [0.29, 0.717) is 46.1 Å². The second kappa shape index (κ2) is 7.94. The zero-order valence-electron chi connectivity index (χ0n) is 17.2. The standard InChI is InChI=1S/C21H23Cl2N3O3S/c1-12-11-25(20(27)29-21(2,3)4)6-7-26(12)19-24-16-10-13(22)9-15(17(16)28-19)14-5-8-30-18(14)23/h5,8-10,12H,6-7,11H2,1-4H3/t12-/m0/s1. The highest BCUT2D eigenvalue weighted by molar-refractivity contribution is 7.15. The van der Waals surface area contributed by atoms with Crippen LogP contribution < -0.4 is 4.90 Å². The molecular weight excluding hydrogens is 445 g/mol. The van der Waals surface area contributed by atoms with E-state index in [4.69, 9.17) is 32.4 Å². The summed E-state index contributed by atoms with van der Waals surface area (Å²) in [4.78, 5) is 20.9. The van der Waals surface area contributed by atoms with Gasteiger partial charge in [-0.25, -0.2) is 4.79 Å².